The van der Waals surface area contributed by atoms with Crippen molar-refractivity contribution >= 4 is 22.8 Å². The summed E-state index contributed by atoms with van der Waals surface area (Å²) in [6.07, 6.45) is 7.43. The number of nitrogens with one attached hydrogen (secondary N) is 3. The first-order chi connectivity index (χ1) is 19.5. The summed E-state index contributed by atoms with van der Waals surface area (Å²) in [5, 5.41) is 4.46. The molecule has 2 aromatic heterocycles. The molecule has 40 heavy (non-hydrogen) atoms. The third-order valence-corrected chi connectivity index (χ3v) is 8.87. The topological polar surface area (TPSA) is 100 Å². The molecular weight excluding hydrogens is 498 g/mol. The SMILES string of the molecule is CCc1nc2c(C)cc(CC3CCCCC3=O)nc2n1C1CCc2cc(-c3ccccc3C3=N[NH+]([NH-])N3)ccc21. The number of nitrogens with zero attached hydrogens (tertiary/aromatic N) is 4. The Balaban J connectivity index is 1.26. The van der Waals surface area contributed by atoms with Crippen LogP contribution in [0.3, 0.4) is 0 Å². The minimum atomic E-state index is 0.0975. The van der Waals surface area contributed by atoms with Gasteiger partial charge < -0.3 is 10.4 Å². The van der Waals surface area contributed by atoms with Gasteiger partial charge in [-0.3, -0.25) is 4.79 Å². The van der Waals surface area contributed by atoms with Crippen molar-refractivity contribution in [3.05, 3.63) is 88.1 Å². The molecule has 8 heteroatoms. The Morgan fingerprint density at radius 3 is 2.65 bits per heavy atom. The molecule has 3 atom stereocenters. The smallest absolute Gasteiger partial charge is 0.239 e. The van der Waals surface area contributed by atoms with Crippen LogP contribution in [0.4, 0.5) is 0 Å². The van der Waals surface area contributed by atoms with Crippen LogP contribution in [0.5, 0.6) is 0 Å². The van der Waals surface area contributed by atoms with E-state index in [0.29, 0.717) is 12.2 Å². The molecule has 3 N–H and O–H groups in total. The molecule has 8 nitrogen and oxygen atoms in total. The number of Topliss-reactive ketones (excluding diaryl/α,β-unsaturated/α-hetero) is 1. The highest BCUT2D eigenvalue weighted by molar-refractivity contribution is 6.04. The van der Waals surface area contributed by atoms with Gasteiger partial charge in [0.2, 0.25) is 5.84 Å². The summed E-state index contributed by atoms with van der Waals surface area (Å²) < 4.78 is 2.38. The third-order valence-electron chi connectivity index (χ3n) is 8.87. The average molecular weight is 534 g/mol. The van der Waals surface area contributed by atoms with Crippen LogP contribution in [0.25, 0.3) is 28.1 Å². The number of carbonyl (C=O) groups excluding carboxylic acids is 1. The fraction of sp³-hybridized carbons (Fsp3) is 0.375. The number of imidazole rings is 1. The molecule has 1 aliphatic heterocycles. The van der Waals surface area contributed by atoms with Gasteiger partial charge in [-0.2, -0.15) is 10.7 Å². The Labute approximate surface area is 234 Å². The van der Waals surface area contributed by atoms with Crippen LogP contribution in [-0.2, 0) is 24.1 Å². The first-order valence-corrected chi connectivity index (χ1v) is 14.6. The highest BCUT2D eigenvalue weighted by atomic mass is 16.1. The van der Waals surface area contributed by atoms with Crippen molar-refractivity contribution in [1.29, 1.82) is 0 Å². The van der Waals surface area contributed by atoms with Gasteiger partial charge in [0.05, 0.1) is 6.04 Å². The van der Waals surface area contributed by atoms with E-state index >= 15 is 0 Å². The molecule has 2 aromatic carbocycles. The van der Waals surface area contributed by atoms with Crippen molar-refractivity contribution in [3.8, 4) is 11.1 Å². The highest BCUT2D eigenvalue weighted by Crippen LogP contribution is 2.40. The van der Waals surface area contributed by atoms with Crippen LogP contribution in [0.2, 0.25) is 0 Å². The predicted octanol–water partition coefficient (Wildman–Crippen LogP) is 4.84. The van der Waals surface area contributed by atoms with Gasteiger partial charge in [0.1, 0.15) is 17.1 Å². The van der Waals surface area contributed by atoms with E-state index < -0.39 is 0 Å². The van der Waals surface area contributed by atoms with Gasteiger partial charge in [0.25, 0.3) is 0 Å². The van der Waals surface area contributed by atoms with Crippen molar-refractivity contribution < 1.29 is 10.0 Å². The predicted molar refractivity (Wildman–Crippen MR) is 156 cm³/mol. The van der Waals surface area contributed by atoms with Crippen LogP contribution >= 0.6 is 0 Å². The van der Waals surface area contributed by atoms with E-state index in [-0.39, 0.29) is 17.2 Å². The third kappa shape index (κ3) is 4.22. The van der Waals surface area contributed by atoms with E-state index in [1.807, 2.05) is 6.07 Å². The van der Waals surface area contributed by atoms with Crippen LogP contribution in [-0.4, -0.2) is 26.2 Å². The second-order valence-electron chi connectivity index (χ2n) is 11.4. The molecule has 3 heterocycles. The van der Waals surface area contributed by atoms with Crippen LogP contribution < -0.4 is 10.7 Å². The zero-order valence-corrected chi connectivity index (χ0v) is 23.1. The Morgan fingerprint density at radius 1 is 1.05 bits per heavy atom. The normalized spacial score (nSPS) is 22.1. The van der Waals surface area contributed by atoms with Crippen molar-refractivity contribution in [1.82, 2.24) is 20.0 Å². The first kappa shape index (κ1) is 25.1. The summed E-state index contributed by atoms with van der Waals surface area (Å²) in [5.74, 6) is 9.96. The molecular formula is C32H35N7O. The lowest BCUT2D eigenvalue weighted by molar-refractivity contribution is -0.912. The number of rotatable bonds is 6. The zero-order chi connectivity index (χ0) is 27.4. The Kier molecular flexibility index (Phi) is 6.24. The number of aryl methyl sites for hydroxylation is 3. The summed E-state index contributed by atoms with van der Waals surface area (Å²) in [7, 11) is 0. The van der Waals surface area contributed by atoms with Crippen molar-refractivity contribution in [2.24, 2.45) is 11.0 Å². The van der Waals surface area contributed by atoms with Gasteiger partial charge in [-0.05, 0) is 78.0 Å². The number of carbonyl (C=O) groups is 1. The fourth-order valence-corrected chi connectivity index (χ4v) is 6.86. The second-order valence-corrected chi connectivity index (χ2v) is 11.4. The first-order valence-electron chi connectivity index (χ1n) is 14.6. The molecule has 3 aliphatic rings. The number of hydrogen-bond acceptors (Lipinski definition) is 5. The number of ketones is 1. The summed E-state index contributed by atoms with van der Waals surface area (Å²) in [5.41, 5.74) is 13.1. The molecule has 7 rings (SSSR count). The van der Waals surface area contributed by atoms with Gasteiger partial charge in [0.15, 0.2) is 5.65 Å². The summed E-state index contributed by atoms with van der Waals surface area (Å²) in [6, 6.07) is 17.4. The van der Waals surface area contributed by atoms with E-state index in [4.69, 9.17) is 15.8 Å². The van der Waals surface area contributed by atoms with Gasteiger partial charge in [-0.1, -0.05) is 55.8 Å². The maximum atomic E-state index is 12.6. The molecule has 1 saturated carbocycles. The number of amidine groups is 1. The summed E-state index contributed by atoms with van der Waals surface area (Å²) >= 11 is 0. The number of pyridine rings is 1. The standard InChI is InChI=1S/C32H35N7O/c1-3-29-35-30-19(2)16-23(18-22-8-4-7-11-28(22)40)34-32(30)38(29)27-15-13-21-17-20(12-14-25(21)27)24-9-5-6-10-26(24)31-36-39(33)37-31/h5-6,9-10,12,14,16-17,22,27,33,39H,3-4,7-8,11,13,15,18H2,1-2H3,(H,36,37). The van der Waals surface area contributed by atoms with Crippen molar-refractivity contribution in [2.75, 3.05) is 0 Å². The fourth-order valence-electron chi connectivity index (χ4n) is 6.86. The molecule has 0 bridgehead atoms. The largest absolute Gasteiger partial charge is 0.414 e. The number of fused-ring (bicyclic) bond motifs is 2. The van der Waals surface area contributed by atoms with Crippen LogP contribution in [0, 0.1) is 12.8 Å². The second kappa shape index (κ2) is 9.94. The minimum Gasteiger partial charge on any atom is -0.414 e. The Bertz CT molecular complexity index is 1670. The highest BCUT2D eigenvalue weighted by Gasteiger charge is 2.30. The minimum absolute atomic E-state index is 0.0975. The lowest BCUT2D eigenvalue weighted by Gasteiger charge is -2.26. The van der Waals surface area contributed by atoms with Crippen LogP contribution in [0.15, 0.2) is 53.6 Å². The molecule has 0 amide bonds. The lowest BCUT2D eigenvalue weighted by Crippen LogP contribution is -3.15. The molecule has 4 aromatic rings. The van der Waals surface area contributed by atoms with Gasteiger partial charge in [-0.25, -0.2) is 9.97 Å². The van der Waals surface area contributed by atoms with Crippen molar-refractivity contribution in [3.63, 3.8) is 0 Å². The number of quaternary nitrogens is 1. The molecule has 1 fully saturated rings. The van der Waals surface area contributed by atoms with Gasteiger partial charge in [0, 0.05) is 30.0 Å². The molecule has 0 radical (unpaired) electrons. The molecule has 204 valence electrons. The maximum Gasteiger partial charge on any atom is 0.239 e. The molecule has 0 saturated heterocycles. The van der Waals surface area contributed by atoms with E-state index in [1.54, 1.807) is 0 Å². The quantitative estimate of drug-likeness (QED) is 0.370. The average Bonchev–Trinajstić information content (AvgIpc) is 3.53. The van der Waals surface area contributed by atoms with Crippen LogP contribution in [0.1, 0.15) is 78.8 Å². The number of aromatic nitrogens is 3. The monoisotopic (exact) mass is 533 g/mol. The molecule has 3 unspecified atom stereocenters. The Morgan fingerprint density at radius 2 is 1.88 bits per heavy atom. The summed E-state index contributed by atoms with van der Waals surface area (Å²) in [4.78, 5) is 22.8. The zero-order valence-electron chi connectivity index (χ0n) is 23.1. The maximum absolute atomic E-state index is 12.6. The number of hydrogen-bond donors (Lipinski definition) is 2. The van der Waals surface area contributed by atoms with Gasteiger partial charge >= 0.3 is 0 Å². The van der Waals surface area contributed by atoms with Crippen molar-refractivity contribution in [2.45, 2.75) is 71.3 Å². The lowest BCUT2D eigenvalue weighted by atomic mass is 9.84. The van der Waals surface area contributed by atoms with E-state index in [2.05, 4.69) is 71.4 Å². The van der Waals surface area contributed by atoms with Gasteiger partial charge in [-0.15, -0.1) is 0 Å². The van der Waals surface area contributed by atoms with E-state index in [0.717, 1.165) is 95.7 Å². The number of benzene rings is 2. The van der Waals surface area contributed by atoms with E-state index in [9.17, 15) is 4.79 Å². The summed E-state index contributed by atoms with van der Waals surface area (Å²) in [6.45, 7) is 4.30. The molecule has 2 aliphatic carbocycles. The Hall–Kier alpha value is -3.88. The molecule has 0 spiro atoms. The van der Waals surface area contributed by atoms with E-state index in [1.165, 1.54) is 11.1 Å².